The van der Waals surface area contributed by atoms with Crippen LogP contribution < -0.4 is 10.3 Å². The number of rotatable bonds is 3. The Morgan fingerprint density at radius 1 is 1.44 bits per heavy atom. The molecule has 1 heterocycles. The van der Waals surface area contributed by atoms with Gasteiger partial charge in [-0.15, -0.1) is 0 Å². The van der Waals surface area contributed by atoms with Crippen molar-refractivity contribution in [2.24, 2.45) is 0 Å². The van der Waals surface area contributed by atoms with Gasteiger partial charge in [0.05, 0.1) is 20.0 Å². The fourth-order valence-corrected chi connectivity index (χ4v) is 2.10. The lowest BCUT2D eigenvalue weighted by molar-refractivity contribution is 0.408. The number of nitrogens with zero attached hydrogens (tertiary/aromatic N) is 2. The zero-order valence-corrected chi connectivity index (χ0v) is 11.8. The predicted molar refractivity (Wildman–Crippen MR) is 73.0 cm³/mol. The number of halogens is 1. The molecule has 0 N–H and O–H groups in total. The highest BCUT2D eigenvalue weighted by Crippen LogP contribution is 2.20. The molecule has 1 aromatic heterocycles. The van der Waals surface area contributed by atoms with E-state index in [1.165, 1.54) is 12.5 Å². The molecule has 5 heteroatoms. The van der Waals surface area contributed by atoms with Crippen LogP contribution in [0, 0.1) is 6.92 Å². The van der Waals surface area contributed by atoms with Gasteiger partial charge < -0.3 is 4.74 Å². The quantitative estimate of drug-likeness (QED) is 0.874. The van der Waals surface area contributed by atoms with E-state index in [1.54, 1.807) is 11.7 Å². The van der Waals surface area contributed by atoms with Crippen LogP contribution in [0.25, 0.3) is 0 Å². The smallest absolute Gasteiger partial charge is 0.267 e. The summed E-state index contributed by atoms with van der Waals surface area (Å²) in [6, 6.07) is 5.89. The second kappa shape index (κ2) is 5.35. The lowest BCUT2D eigenvalue weighted by Gasteiger charge is -2.11. The molecule has 2 aromatic rings. The summed E-state index contributed by atoms with van der Waals surface area (Å²) < 4.78 is 7.29. The van der Waals surface area contributed by atoms with Gasteiger partial charge in [0.2, 0.25) is 0 Å². The SMILES string of the molecule is COc1ccc(C)cc1Cn1cncc(Br)c1=O. The van der Waals surface area contributed by atoms with Crippen LogP contribution in [0.5, 0.6) is 5.75 Å². The monoisotopic (exact) mass is 308 g/mol. The van der Waals surface area contributed by atoms with E-state index in [0.29, 0.717) is 11.0 Å². The van der Waals surface area contributed by atoms with Crippen molar-refractivity contribution in [2.75, 3.05) is 7.11 Å². The summed E-state index contributed by atoms with van der Waals surface area (Å²) >= 11 is 3.18. The maximum Gasteiger partial charge on any atom is 0.267 e. The lowest BCUT2D eigenvalue weighted by Crippen LogP contribution is -2.21. The van der Waals surface area contributed by atoms with Crippen molar-refractivity contribution in [3.05, 3.63) is 56.7 Å². The van der Waals surface area contributed by atoms with E-state index in [4.69, 9.17) is 4.74 Å². The van der Waals surface area contributed by atoms with E-state index in [9.17, 15) is 4.79 Å². The van der Waals surface area contributed by atoms with Crippen molar-refractivity contribution in [3.63, 3.8) is 0 Å². The van der Waals surface area contributed by atoms with E-state index in [2.05, 4.69) is 20.9 Å². The first-order valence-corrected chi connectivity index (χ1v) is 6.24. The molecule has 0 fully saturated rings. The highest BCUT2D eigenvalue weighted by Gasteiger charge is 2.07. The number of methoxy groups -OCH3 is 1. The van der Waals surface area contributed by atoms with Crippen molar-refractivity contribution >= 4 is 15.9 Å². The number of ether oxygens (including phenoxy) is 1. The second-order valence-electron chi connectivity index (χ2n) is 3.99. The van der Waals surface area contributed by atoms with Gasteiger partial charge in [-0.2, -0.15) is 0 Å². The molecule has 0 saturated heterocycles. The molecule has 0 amide bonds. The van der Waals surface area contributed by atoms with Gasteiger partial charge in [0, 0.05) is 11.8 Å². The molecule has 0 spiro atoms. The van der Waals surface area contributed by atoms with Crippen LogP contribution >= 0.6 is 15.9 Å². The summed E-state index contributed by atoms with van der Waals surface area (Å²) in [7, 11) is 1.62. The van der Waals surface area contributed by atoms with Gasteiger partial charge >= 0.3 is 0 Å². The van der Waals surface area contributed by atoms with Gasteiger partial charge in [-0.25, -0.2) is 4.98 Å². The van der Waals surface area contributed by atoms with Crippen LogP contribution in [-0.2, 0) is 6.54 Å². The Labute approximate surface area is 113 Å². The third-order valence-electron chi connectivity index (χ3n) is 2.64. The standard InChI is InChI=1S/C13H13BrN2O2/c1-9-3-4-12(18-2)10(5-9)7-16-8-15-6-11(14)13(16)17/h3-6,8H,7H2,1-2H3. The summed E-state index contributed by atoms with van der Waals surface area (Å²) in [4.78, 5) is 15.9. The summed E-state index contributed by atoms with van der Waals surface area (Å²) in [5.74, 6) is 0.771. The first-order valence-electron chi connectivity index (χ1n) is 5.45. The Bertz CT molecular complexity index is 623. The molecule has 4 nitrogen and oxygen atoms in total. The number of benzene rings is 1. The molecule has 0 aliphatic carbocycles. The topological polar surface area (TPSA) is 44.1 Å². The number of aromatic nitrogens is 2. The summed E-state index contributed by atoms with van der Waals surface area (Å²) in [5, 5.41) is 0. The fourth-order valence-electron chi connectivity index (χ4n) is 1.75. The Hall–Kier alpha value is -1.62. The molecule has 2 rings (SSSR count). The van der Waals surface area contributed by atoms with E-state index in [-0.39, 0.29) is 5.56 Å². The molecular formula is C13H13BrN2O2. The zero-order chi connectivity index (χ0) is 13.1. The van der Waals surface area contributed by atoms with Gasteiger partial charge in [-0.05, 0) is 28.9 Å². The number of aryl methyl sites for hydroxylation is 1. The molecule has 0 radical (unpaired) electrons. The van der Waals surface area contributed by atoms with Crippen LogP contribution in [-0.4, -0.2) is 16.7 Å². The number of hydrogen-bond acceptors (Lipinski definition) is 3. The van der Waals surface area contributed by atoms with Crippen LogP contribution in [0.15, 0.2) is 40.0 Å². The highest BCUT2D eigenvalue weighted by molar-refractivity contribution is 9.10. The van der Waals surface area contributed by atoms with Crippen molar-refractivity contribution in [3.8, 4) is 5.75 Å². The molecule has 1 aromatic carbocycles. The number of hydrogen-bond donors (Lipinski definition) is 0. The van der Waals surface area contributed by atoms with Crippen LogP contribution in [0.3, 0.4) is 0 Å². The Morgan fingerprint density at radius 2 is 2.22 bits per heavy atom. The first-order chi connectivity index (χ1) is 8.61. The minimum absolute atomic E-state index is 0.103. The Balaban J connectivity index is 2.42. The van der Waals surface area contributed by atoms with Gasteiger partial charge in [0.1, 0.15) is 10.2 Å². The predicted octanol–water partition coefficient (Wildman–Crippen LogP) is 2.37. The maximum atomic E-state index is 11.9. The van der Waals surface area contributed by atoms with Crippen molar-refractivity contribution in [1.29, 1.82) is 0 Å². The molecular weight excluding hydrogens is 296 g/mol. The van der Waals surface area contributed by atoms with Gasteiger partial charge in [0.15, 0.2) is 0 Å². The van der Waals surface area contributed by atoms with Gasteiger partial charge in [0.25, 0.3) is 5.56 Å². The maximum absolute atomic E-state index is 11.9. The largest absolute Gasteiger partial charge is 0.496 e. The van der Waals surface area contributed by atoms with Gasteiger partial charge in [-0.1, -0.05) is 17.7 Å². The van der Waals surface area contributed by atoms with E-state index in [0.717, 1.165) is 16.9 Å². The molecule has 0 atom stereocenters. The first kappa shape index (κ1) is 12.8. The van der Waals surface area contributed by atoms with Crippen molar-refractivity contribution < 1.29 is 4.74 Å². The fraction of sp³-hybridized carbons (Fsp3) is 0.231. The van der Waals surface area contributed by atoms with E-state index >= 15 is 0 Å². The summed E-state index contributed by atoms with van der Waals surface area (Å²) in [6.07, 6.45) is 3.02. The second-order valence-corrected chi connectivity index (χ2v) is 4.84. The minimum Gasteiger partial charge on any atom is -0.496 e. The third kappa shape index (κ3) is 2.61. The molecule has 0 unspecified atom stereocenters. The van der Waals surface area contributed by atoms with E-state index < -0.39 is 0 Å². The Kier molecular flexibility index (Phi) is 3.81. The molecule has 18 heavy (non-hydrogen) atoms. The van der Waals surface area contributed by atoms with Crippen LogP contribution in [0.2, 0.25) is 0 Å². The molecule has 0 aliphatic heterocycles. The van der Waals surface area contributed by atoms with E-state index in [1.807, 2.05) is 25.1 Å². The average molecular weight is 309 g/mol. The van der Waals surface area contributed by atoms with Crippen molar-refractivity contribution in [1.82, 2.24) is 9.55 Å². The summed E-state index contributed by atoms with van der Waals surface area (Å²) in [6.45, 7) is 2.45. The highest BCUT2D eigenvalue weighted by atomic mass is 79.9. The van der Waals surface area contributed by atoms with Crippen LogP contribution in [0.4, 0.5) is 0 Å². The zero-order valence-electron chi connectivity index (χ0n) is 10.2. The lowest BCUT2D eigenvalue weighted by atomic mass is 10.1. The summed E-state index contributed by atoms with van der Waals surface area (Å²) in [5.41, 5.74) is 1.98. The molecule has 0 bridgehead atoms. The molecule has 0 aliphatic rings. The molecule has 0 saturated carbocycles. The average Bonchev–Trinajstić information content (AvgIpc) is 2.35. The van der Waals surface area contributed by atoms with Gasteiger partial charge in [-0.3, -0.25) is 9.36 Å². The van der Waals surface area contributed by atoms with Crippen molar-refractivity contribution in [2.45, 2.75) is 13.5 Å². The normalized spacial score (nSPS) is 10.4. The third-order valence-corrected chi connectivity index (χ3v) is 3.18. The van der Waals surface area contributed by atoms with Crippen LogP contribution in [0.1, 0.15) is 11.1 Å². The minimum atomic E-state index is -0.103. The molecule has 94 valence electrons. The Morgan fingerprint density at radius 3 is 2.94 bits per heavy atom.